The SMILES string of the molecule is CCCCOc1cc(OC)c(-c2c(C)c(-c3cc(C(=O)N/N=C/c4ccc(C=O)cc4)c(OCCCC)cc3OC)c(C)c(-c3cc(C(=O)N/N=C/c4ccc(C=O)cc4)c(OCCCC)cc3OC)c2C)cc1C(=O)N/N=C/c1ccc(C=O)cc1. The minimum absolute atomic E-state index is 0.133. The summed E-state index contributed by atoms with van der Waals surface area (Å²) < 4.78 is 37.7. The Kier molecular flexibility index (Phi) is 23.4. The molecule has 0 radical (unpaired) electrons. The molecule has 0 aromatic heterocycles. The number of benzene rings is 7. The van der Waals surface area contributed by atoms with Crippen LogP contribution in [-0.2, 0) is 0 Å². The highest BCUT2D eigenvalue weighted by Crippen LogP contribution is 2.51. The van der Waals surface area contributed by atoms with Crippen LogP contribution in [0.2, 0.25) is 0 Å². The predicted octanol–water partition coefficient (Wildman–Crippen LogP) is 12.9. The van der Waals surface area contributed by atoms with Crippen molar-refractivity contribution < 1.29 is 57.2 Å². The number of unbranched alkanes of at least 4 members (excludes halogenated alkanes) is 3. The number of rotatable bonds is 30. The highest BCUT2D eigenvalue weighted by molar-refractivity contribution is 6.05. The summed E-state index contributed by atoms with van der Waals surface area (Å²) in [4.78, 5) is 77.8. The number of hydrogen-bond acceptors (Lipinski definition) is 15. The molecule has 87 heavy (non-hydrogen) atoms. The number of aldehydes is 3. The molecule has 0 saturated heterocycles. The van der Waals surface area contributed by atoms with Gasteiger partial charge in [0.05, 0.1) is 76.5 Å². The van der Waals surface area contributed by atoms with Crippen LogP contribution in [0.1, 0.15) is 155 Å². The van der Waals surface area contributed by atoms with Gasteiger partial charge in [-0.05, 0) is 108 Å². The van der Waals surface area contributed by atoms with Gasteiger partial charge in [-0.15, -0.1) is 0 Å². The van der Waals surface area contributed by atoms with E-state index in [4.69, 9.17) is 28.4 Å². The van der Waals surface area contributed by atoms with E-state index < -0.39 is 17.7 Å². The smallest absolute Gasteiger partial charge is 0.275 e. The first-order chi connectivity index (χ1) is 42.2. The molecule has 0 bridgehead atoms. The summed E-state index contributed by atoms with van der Waals surface area (Å²) in [5.41, 5.74) is 17.0. The van der Waals surface area contributed by atoms with Crippen LogP contribution in [0, 0.1) is 20.8 Å². The Balaban J connectivity index is 1.52. The maximum absolute atomic E-state index is 14.6. The van der Waals surface area contributed by atoms with Crippen LogP contribution < -0.4 is 44.7 Å². The molecule has 0 spiro atoms. The molecule has 3 N–H and O–H groups in total. The number of nitrogens with zero attached hydrogens (tertiary/aromatic N) is 3. The molecule has 18 nitrogen and oxygen atoms in total. The molecule has 7 aromatic carbocycles. The first-order valence-electron chi connectivity index (χ1n) is 28.6. The molecule has 7 aromatic rings. The van der Waals surface area contributed by atoms with Crippen LogP contribution in [0.4, 0.5) is 0 Å². The lowest BCUT2D eigenvalue weighted by atomic mass is 9.79. The Morgan fingerprint density at radius 1 is 0.379 bits per heavy atom. The number of amides is 3. The maximum atomic E-state index is 14.6. The van der Waals surface area contributed by atoms with Crippen LogP contribution in [-0.4, -0.2) is 96.4 Å². The number of hydrazone groups is 3. The number of hydrogen-bond donors (Lipinski definition) is 3. The van der Waals surface area contributed by atoms with Gasteiger partial charge in [0, 0.05) is 51.6 Å². The molecule has 0 heterocycles. The number of carbonyl (C=O) groups excluding carboxylic acids is 6. The van der Waals surface area contributed by atoms with Gasteiger partial charge >= 0.3 is 0 Å². The second kappa shape index (κ2) is 31.6. The van der Waals surface area contributed by atoms with Gasteiger partial charge in [0.2, 0.25) is 0 Å². The molecule has 18 heteroatoms. The lowest BCUT2D eigenvalue weighted by Gasteiger charge is -2.27. The minimum atomic E-state index is -0.595. The van der Waals surface area contributed by atoms with E-state index in [-0.39, 0.29) is 33.9 Å². The first kappa shape index (κ1) is 64.3. The number of ether oxygens (including phenoxy) is 6. The van der Waals surface area contributed by atoms with Gasteiger partial charge in [0.25, 0.3) is 17.7 Å². The van der Waals surface area contributed by atoms with Crippen molar-refractivity contribution in [3.05, 3.63) is 176 Å². The van der Waals surface area contributed by atoms with Crippen LogP contribution >= 0.6 is 0 Å². The zero-order chi connectivity index (χ0) is 62.4. The third-order valence-electron chi connectivity index (χ3n) is 14.3. The van der Waals surface area contributed by atoms with Crippen molar-refractivity contribution >= 4 is 55.2 Å². The zero-order valence-electron chi connectivity index (χ0n) is 50.5. The molecule has 3 amide bonds. The number of methoxy groups -OCH3 is 3. The van der Waals surface area contributed by atoms with Crippen molar-refractivity contribution in [2.45, 2.75) is 80.1 Å². The third kappa shape index (κ3) is 16.0. The van der Waals surface area contributed by atoms with E-state index in [2.05, 4.69) is 31.6 Å². The first-order valence-corrected chi connectivity index (χ1v) is 28.6. The summed E-state index contributed by atoms with van der Waals surface area (Å²) in [6, 6.07) is 30.2. The monoisotopic (exact) mass is 1180 g/mol. The second-order valence-corrected chi connectivity index (χ2v) is 20.2. The van der Waals surface area contributed by atoms with Crippen LogP contribution in [0.25, 0.3) is 33.4 Å². The van der Waals surface area contributed by atoms with E-state index in [0.717, 1.165) is 38.1 Å². The molecule has 0 fully saturated rings. The average molecular weight is 1180 g/mol. The lowest BCUT2D eigenvalue weighted by Crippen LogP contribution is -2.20. The zero-order valence-corrected chi connectivity index (χ0v) is 50.5. The second-order valence-electron chi connectivity index (χ2n) is 20.2. The molecule has 450 valence electrons. The van der Waals surface area contributed by atoms with Crippen molar-refractivity contribution in [3.63, 3.8) is 0 Å². The molecular formula is C69H72N6O12. The van der Waals surface area contributed by atoms with E-state index in [9.17, 15) is 28.8 Å². The van der Waals surface area contributed by atoms with E-state index in [0.29, 0.717) is 140 Å². The van der Waals surface area contributed by atoms with Gasteiger partial charge < -0.3 is 28.4 Å². The Bertz CT molecular complexity index is 3300. The fraction of sp³-hybridized carbons (Fsp3) is 0.261. The van der Waals surface area contributed by atoms with Crippen molar-refractivity contribution in [2.75, 3.05) is 41.2 Å². The Hall–Kier alpha value is -10.2. The summed E-state index contributed by atoms with van der Waals surface area (Å²) in [5, 5.41) is 12.8. The molecule has 0 aliphatic heterocycles. The maximum Gasteiger partial charge on any atom is 0.275 e. The Morgan fingerprint density at radius 3 is 0.839 bits per heavy atom. The summed E-state index contributed by atoms with van der Waals surface area (Å²) in [5.74, 6) is -0.0279. The van der Waals surface area contributed by atoms with Crippen molar-refractivity contribution in [2.24, 2.45) is 15.3 Å². The van der Waals surface area contributed by atoms with Crippen molar-refractivity contribution in [3.8, 4) is 67.9 Å². The Morgan fingerprint density at radius 2 is 0.621 bits per heavy atom. The summed E-state index contributed by atoms with van der Waals surface area (Å²) in [7, 11) is 4.57. The average Bonchev–Trinajstić information content (AvgIpc) is 0.850. The van der Waals surface area contributed by atoms with Gasteiger partial charge in [-0.2, -0.15) is 15.3 Å². The summed E-state index contributed by atoms with van der Waals surface area (Å²) in [6.45, 7) is 12.8. The van der Waals surface area contributed by atoms with E-state index >= 15 is 0 Å². The lowest BCUT2D eigenvalue weighted by molar-refractivity contribution is 0.0942. The van der Waals surface area contributed by atoms with E-state index in [1.54, 1.807) is 109 Å². The quantitative estimate of drug-likeness (QED) is 0.0165. The molecule has 0 aliphatic rings. The molecule has 7 rings (SSSR count). The largest absolute Gasteiger partial charge is 0.496 e. The fourth-order valence-electron chi connectivity index (χ4n) is 9.74. The highest BCUT2D eigenvalue weighted by atomic mass is 16.5. The fourth-order valence-corrected chi connectivity index (χ4v) is 9.74. The molecule has 0 atom stereocenters. The number of nitrogens with one attached hydrogen (secondary N) is 3. The number of carbonyl (C=O) groups is 6. The van der Waals surface area contributed by atoms with Gasteiger partial charge in [-0.1, -0.05) is 113 Å². The molecule has 0 aliphatic carbocycles. The van der Waals surface area contributed by atoms with Gasteiger partial charge in [-0.25, -0.2) is 16.3 Å². The van der Waals surface area contributed by atoms with Crippen LogP contribution in [0.15, 0.2) is 124 Å². The van der Waals surface area contributed by atoms with Crippen LogP contribution in [0.3, 0.4) is 0 Å². The standard InChI is InChI=1S/C69H72N6O12/c1-10-13-28-85-61-34-58(82-7)52(31-55(61)67(79)73-70-37-46-16-22-49(40-76)23-17-46)64-43(4)65(53-32-56(62(35-59(53)83-8)86-29-14-11-2)68(80)74-71-38-47-18-24-50(41-77)25-19-47)45(6)66(44(64)5)54-33-57(63(36-60(54)84-9)87-30-15-12-3)69(81)75-72-39-48-20-26-51(42-78)27-21-48/h16-27,31-42H,10-15,28-30H2,1-9H3,(H,73,79)(H,74,80)(H,75,81)/b70-37+,71-38+,72-39+. The Labute approximate surface area is 507 Å². The van der Waals surface area contributed by atoms with Gasteiger partial charge in [0.1, 0.15) is 53.4 Å². The topological polar surface area (TPSA) is 231 Å². The van der Waals surface area contributed by atoms with E-state index in [1.807, 2.05) is 41.5 Å². The highest BCUT2D eigenvalue weighted by Gasteiger charge is 2.30. The van der Waals surface area contributed by atoms with Gasteiger partial charge in [0.15, 0.2) is 0 Å². The summed E-state index contributed by atoms with van der Waals surface area (Å²) in [6.07, 6.45) is 11.2. The summed E-state index contributed by atoms with van der Waals surface area (Å²) >= 11 is 0. The molecule has 0 saturated carbocycles. The molecule has 0 unspecified atom stereocenters. The molecular weight excluding hydrogens is 1100 g/mol. The third-order valence-corrected chi connectivity index (χ3v) is 14.3. The minimum Gasteiger partial charge on any atom is -0.496 e. The van der Waals surface area contributed by atoms with Crippen LogP contribution in [0.5, 0.6) is 34.5 Å². The normalized spacial score (nSPS) is 11.1. The van der Waals surface area contributed by atoms with Crippen molar-refractivity contribution in [1.82, 2.24) is 16.3 Å². The van der Waals surface area contributed by atoms with Crippen molar-refractivity contribution in [1.29, 1.82) is 0 Å². The van der Waals surface area contributed by atoms with E-state index in [1.165, 1.54) is 40.0 Å². The predicted molar refractivity (Wildman–Crippen MR) is 338 cm³/mol. The van der Waals surface area contributed by atoms with Gasteiger partial charge in [-0.3, -0.25) is 28.8 Å².